The van der Waals surface area contributed by atoms with E-state index in [1.165, 1.54) is 11.1 Å². The van der Waals surface area contributed by atoms with Crippen LogP contribution in [0.4, 0.5) is 0 Å². The maximum atomic E-state index is 12.4. The second-order valence-corrected chi connectivity index (χ2v) is 5.91. The Hall–Kier alpha value is -1.06. The van der Waals surface area contributed by atoms with E-state index < -0.39 is 0 Å². The Kier molecular flexibility index (Phi) is 7.20. The molecule has 0 radical (unpaired) electrons. The van der Waals surface area contributed by atoms with Crippen LogP contribution in [0.1, 0.15) is 43.7 Å². The number of nitrogens with two attached hydrogens (primary N) is 1. The highest BCUT2D eigenvalue weighted by atomic mass is 35.5. The standard InChI is InChI=1S/C17H26N2O.ClH/c1-3-5-16(18)17(20)19-11-4-6-15(19)12-14-9-7-13(2)8-10-14;/h7-10,15-16H,3-6,11-12,18H2,1-2H3;1H. The molecule has 1 aromatic rings. The van der Waals surface area contributed by atoms with Crippen molar-refractivity contribution < 1.29 is 4.79 Å². The first-order valence-corrected chi connectivity index (χ1v) is 7.73. The third kappa shape index (κ3) is 4.72. The van der Waals surface area contributed by atoms with Crippen LogP contribution in [0.25, 0.3) is 0 Å². The van der Waals surface area contributed by atoms with Crippen LogP contribution in [0.15, 0.2) is 24.3 Å². The van der Waals surface area contributed by atoms with Gasteiger partial charge in [-0.25, -0.2) is 0 Å². The molecule has 2 N–H and O–H groups in total. The molecule has 2 unspecified atom stereocenters. The van der Waals surface area contributed by atoms with Gasteiger partial charge in [0.15, 0.2) is 0 Å². The Morgan fingerprint density at radius 2 is 2.05 bits per heavy atom. The van der Waals surface area contributed by atoms with Gasteiger partial charge in [-0.2, -0.15) is 0 Å². The molecule has 0 aliphatic carbocycles. The molecule has 21 heavy (non-hydrogen) atoms. The molecule has 1 fully saturated rings. The fourth-order valence-electron chi connectivity index (χ4n) is 2.98. The summed E-state index contributed by atoms with van der Waals surface area (Å²) in [7, 11) is 0. The highest BCUT2D eigenvalue weighted by Crippen LogP contribution is 2.22. The van der Waals surface area contributed by atoms with Gasteiger partial charge in [0.2, 0.25) is 5.91 Å². The minimum absolute atomic E-state index is 0. The SMILES string of the molecule is CCCC(N)C(=O)N1CCCC1Cc1ccc(C)cc1.Cl. The summed E-state index contributed by atoms with van der Waals surface area (Å²) in [6, 6.07) is 8.62. The number of likely N-dealkylation sites (tertiary alicyclic amines) is 1. The second-order valence-electron chi connectivity index (χ2n) is 5.91. The molecular formula is C17H27ClN2O. The third-order valence-electron chi connectivity index (χ3n) is 4.17. The van der Waals surface area contributed by atoms with Gasteiger partial charge in [-0.15, -0.1) is 12.4 Å². The number of hydrogen-bond donors (Lipinski definition) is 1. The van der Waals surface area contributed by atoms with Gasteiger partial charge in [0.1, 0.15) is 0 Å². The molecule has 1 aromatic carbocycles. The van der Waals surface area contributed by atoms with E-state index in [0.717, 1.165) is 38.6 Å². The fraction of sp³-hybridized carbons (Fsp3) is 0.588. The predicted octanol–water partition coefficient (Wildman–Crippen LogP) is 3.08. The molecule has 1 heterocycles. The normalized spacial score (nSPS) is 19.2. The maximum Gasteiger partial charge on any atom is 0.239 e. The van der Waals surface area contributed by atoms with E-state index in [4.69, 9.17) is 5.73 Å². The lowest BCUT2D eigenvalue weighted by atomic mass is 10.0. The van der Waals surface area contributed by atoms with Crippen LogP contribution in [0, 0.1) is 6.92 Å². The highest BCUT2D eigenvalue weighted by Gasteiger charge is 2.31. The van der Waals surface area contributed by atoms with E-state index in [1.54, 1.807) is 0 Å². The smallest absolute Gasteiger partial charge is 0.239 e. The van der Waals surface area contributed by atoms with Crippen LogP contribution in [0.2, 0.25) is 0 Å². The van der Waals surface area contributed by atoms with E-state index in [0.29, 0.717) is 6.04 Å². The summed E-state index contributed by atoms with van der Waals surface area (Å²) in [6.07, 6.45) is 4.89. The Bertz CT molecular complexity index is 447. The monoisotopic (exact) mass is 310 g/mol. The van der Waals surface area contributed by atoms with Crippen molar-refractivity contribution in [2.75, 3.05) is 6.54 Å². The molecule has 0 saturated carbocycles. The van der Waals surface area contributed by atoms with Crippen LogP contribution in [-0.2, 0) is 11.2 Å². The van der Waals surface area contributed by atoms with Crippen molar-refractivity contribution in [1.82, 2.24) is 4.90 Å². The summed E-state index contributed by atoms with van der Waals surface area (Å²) in [6.45, 7) is 5.03. The van der Waals surface area contributed by atoms with Crippen molar-refractivity contribution in [2.45, 2.75) is 58.0 Å². The molecule has 2 rings (SSSR count). The van der Waals surface area contributed by atoms with E-state index in [2.05, 4.69) is 38.1 Å². The first-order valence-electron chi connectivity index (χ1n) is 7.73. The van der Waals surface area contributed by atoms with E-state index in [-0.39, 0.29) is 24.4 Å². The van der Waals surface area contributed by atoms with Gasteiger partial charge in [-0.1, -0.05) is 43.2 Å². The molecule has 1 aliphatic rings. The maximum absolute atomic E-state index is 12.4. The fourth-order valence-corrected chi connectivity index (χ4v) is 2.98. The molecule has 1 amide bonds. The topological polar surface area (TPSA) is 46.3 Å². The van der Waals surface area contributed by atoms with Gasteiger partial charge in [0.25, 0.3) is 0 Å². The zero-order chi connectivity index (χ0) is 14.5. The number of rotatable bonds is 5. The molecular weight excluding hydrogens is 284 g/mol. The minimum Gasteiger partial charge on any atom is -0.338 e. The molecule has 3 nitrogen and oxygen atoms in total. The number of halogens is 1. The van der Waals surface area contributed by atoms with Gasteiger partial charge in [-0.05, 0) is 38.2 Å². The number of nitrogens with zero attached hydrogens (tertiary/aromatic N) is 1. The molecule has 118 valence electrons. The first kappa shape index (κ1) is 18.0. The zero-order valence-corrected chi connectivity index (χ0v) is 13.9. The lowest BCUT2D eigenvalue weighted by Crippen LogP contribution is -2.46. The number of carbonyl (C=O) groups is 1. The molecule has 0 aromatic heterocycles. The summed E-state index contributed by atoms with van der Waals surface area (Å²) < 4.78 is 0. The molecule has 0 spiro atoms. The van der Waals surface area contributed by atoms with Crippen molar-refractivity contribution in [3.8, 4) is 0 Å². The third-order valence-corrected chi connectivity index (χ3v) is 4.17. The van der Waals surface area contributed by atoms with E-state index in [9.17, 15) is 4.79 Å². The van der Waals surface area contributed by atoms with Gasteiger partial charge in [-0.3, -0.25) is 4.79 Å². The Balaban J connectivity index is 0.00000220. The van der Waals surface area contributed by atoms with Gasteiger partial charge < -0.3 is 10.6 Å². The Morgan fingerprint density at radius 1 is 1.38 bits per heavy atom. The number of hydrogen-bond acceptors (Lipinski definition) is 2. The number of carbonyl (C=O) groups excluding carboxylic acids is 1. The van der Waals surface area contributed by atoms with Crippen molar-refractivity contribution in [1.29, 1.82) is 0 Å². The van der Waals surface area contributed by atoms with Gasteiger partial charge >= 0.3 is 0 Å². The summed E-state index contributed by atoms with van der Waals surface area (Å²) in [4.78, 5) is 14.4. The highest BCUT2D eigenvalue weighted by molar-refractivity contribution is 5.85. The van der Waals surface area contributed by atoms with Crippen molar-refractivity contribution >= 4 is 18.3 Å². The molecule has 1 saturated heterocycles. The van der Waals surface area contributed by atoms with E-state index >= 15 is 0 Å². The lowest BCUT2D eigenvalue weighted by molar-refractivity contribution is -0.133. The molecule has 0 bridgehead atoms. The quantitative estimate of drug-likeness (QED) is 0.908. The molecule has 1 aliphatic heterocycles. The first-order chi connectivity index (χ1) is 9.61. The number of amides is 1. The van der Waals surface area contributed by atoms with Gasteiger partial charge in [0, 0.05) is 12.6 Å². The number of aryl methyl sites for hydroxylation is 1. The predicted molar refractivity (Wildman–Crippen MR) is 89.7 cm³/mol. The Labute approximate surface area is 134 Å². The second kappa shape index (κ2) is 8.40. The largest absolute Gasteiger partial charge is 0.338 e. The zero-order valence-electron chi connectivity index (χ0n) is 13.0. The van der Waals surface area contributed by atoms with Crippen molar-refractivity contribution in [2.24, 2.45) is 5.73 Å². The van der Waals surface area contributed by atoms with Crippen LogP contribution in [0.5, 0.6) is 0 Å². The molecule has 4 heteroatoms. The summed E-state index contributed by atoms with van der Waals surface area (Å²) in [5.41, 5.74) is 8.58. The Morgan fingerprint density at radius 3 is 2.67 bits per heavy atom. The van der Waals surface area contributed by atoms with Crippen LogP contribution in [-0.4, -0.2) is 29.4 Å². The van der Waals surface area contributed by atoms with Crippen molar-refractivity contribution in [3.63, 3.8) is 0 Å². The van der Waals surface area contributed by atoms with E-state index in [1.807, 2.05) is 4.90 Å². The van der Waals surface area contributed by atoms with Gasteiger partial charge in [0.05, 0.1) is 6.04 Å². The average molecular weight is 311 g/mol. The van der Waals surface area contributed by atoms with Crippen LogP contribution >= 0.6 is 12.4 Å². The number of benzene rings is 1. The van der Waals surface area contributed by atoms with Crippen LogP contribution in [0.3, 0.4) is 0 Å². The molecule has 2 atom stereocenters. The average Bonchev–Trinajstić information content (AvgIpc) is 2.89. The van der Waals surface area contributed by atoms with Crippen molar-refractivity contribution in [3.05, 3.63) is 35.4 Å². The van der Waals surface area contributed by atoms with Crippen LogP contribution < -0.4 is 5.73 Å². The lowest BCUT2D eigenvalue weighted by Gasteiger charge is -2.27. The summed E-state index contributed by atoms with van der Waals surface area (Å²) in [5.74, 6) is 0.140. The minimum atomic E-state index is -0.321. The summed E-state index contributed by atoms with van der Waals surface area (Å²) >= 11 is 0. The summed E-state index contributed by atoms with van der Waals surface area (Å²) in [5, 5.41) is 0.